The molecule has 1 aromatic carbocycles. The van der Waals surface area contributed by atoms with Crippen LogP contribution in [0, 0.1) is 0 Å². The maximum absolute atomic E-state index is 2.63. The highest BCUT2D eigenvalue weighted by molar-refractivity contribution is 7.11. The van der Waals surface area contributed by atoms with E-state index in [1.54, 1.807) is 5.57 Å². The van der Waals surface area contributed by atoms with Crippen molar-refractivity contribution < 1.29 is 0 Å². The summed E-state index contributed by atoms with van der Waals surface area (Å²) in [7, 11) is 2.24. The molecule has 1 aromatic heterocycles. The smallest absolute Gasteiger partial charge is 0.0460 e. The van der Waals surface area contributed by atoms with Crippen LogP contribution in [0.4, 0.5) is 0 Å². The van der Waals surface area contributed by atoms with Crippen LogP contribution in [0.1, 0.15) is 53.7 Å². The predicted molar refractivity (Wildman–Crippen MR) is 117 cm³/mol. The number of fused-ring (bicyclic) bond motifs is 2. The molecule has 2 nitrogen and oxygen atoms in total. The number of thiophene rings is 1. The van der Waals surface area contributed by atoms with Crippen LogP contribution in [0.5, 0.6) is 0 Å². The summed E-state index contributed by atoms with van der Waals surface area (Å²) >= 11 is 1.90. The van der Waals surface area contributed by atoms with Gasteiger partial charge in [-0.05, 0) is 67.8 Å². The minimum Gasteiger partial charge on any atom is -0.371 e. The van der Waals surface area contributed by atoms with Crippen molar-refractivity contribution in [1.29, 1.82) is 0 Å². The van der Waals surface area contributed by atoms with E-state index in [1.165, 1.54) is 91.1 Å². The molecule has 0 atom stereocenters. The Hall–Kier alpha value is -1.84. The minimum absolute atomic E-state index is 1.17. The second kappa shape index (κ2) is 7.29. The predicted octanol–water partition coefficient (Wildman–Crippen LogP) is 5.57. The Morgan fingerprint density at radius 3 is 2.33 bits per heavy atom. The van der Waals surface area contributed by atoms with Crippen molar-refractivity contribution in [3.8, 4) is 0 Å². The molecule has 0 spiro atoms. The number of hydrogen-bond donors (Lipinski definition) is 0. The lowest BCUT2D eigenvalue weighted by atomic mass is 9.87. The van der Waals surface area contributed by atoms with Crippen molar-refractivity contribution in [3.05, 3.63) is 62.9 Å². The third kappa shape index (κ3) is 3.17. The molecule has 0 amide bonds. The quantitative estimate of drug-likeness (QED) is 0.642. The van der Waals surface area contributed by atoms with Gasteiger partial charge in [0.2, 0.25) is 0 Å². The first-order valence-corrected chi connectivity index (χ1v) is 11.2. The highest BCUT2D eigenvalue weighted by Gasteiger charge is 2.27. The summed E-state index contributed by atoms with van der Waals surface area (Å²) in [4.78, 5) is 6.53. The average Bonchev–Trinajstić information content (AvgIpc) is 3.12. The largest absolute Gasteiger partial charge is 0.371 e. The fourth-order valence-electron chi connectivity index (χ4n) is 4.83. The van der Waals surface area contributed by atoms with Crippen molar-refractivity contribution in [3.63, 3.8) is 0 Å². The highest BCUT2D eigenvalue weighted by Crippen LogP contribution is 2.43. The molecule has 3 heterocycles. The van der Waals surface area contributed by atoms with E-state index < -0.39 is 0 Å². The Bertz CT molecular complexity index is 889. The van der Waals surface area contributed by atoms with Gasteiger partial charge in [-0.25, -0.2) is 0 Å². The lowest BCUT2D eigenvalue weighted by Crippen LogP contribution is -2.28. The number of rotatable bonds is 1. The Labute approximate surface area is 166 Å². The second-order valence-corrected chi connectivity index (χ2v) is 9.05. The van der Waals surface area contributed by atoms with Crippen molar-refractivity contribution in [2.24, 2.45) is 0 Å². The number of likely N-dealkylation sites (tertiary alicyclic amines) is 2. The van der Waals surface area contributed by atoms with Gasteiger partial charge < -0.3 is 9.80 Å². The summed E-state index contributed by atoms with van der Waals surface area (Å²) in [6.45, 7) is 4.73. The Morgan fingerprint density at radius 2 is 1.56 bits per heavy atom. The van der Waals surface area contributed by atoms with Crippen LogP contribution in [0.15, 0.2) is 41.3 Å². The van der Waals surface area contributed by atoms with E-state index in [9.17, 15) is 0 Å². The van der Waals surface area contributed by atoms with E-state index in [2.05, 4.69) is 58.6 Å². The number of benzene rings is 1. The van der Waals surface area contributed by atoms with Gasteiger partial charge in [0.05, 0.1) is 0 Å². The molecule has 3 heteroatoms. The maximum Gasteiger partial charge on any atom is 0.0460 e. The number of hydrogen-bond acceptors (Lipinski definition) is 3. The molecular formula is C24H28N2S. The molecule has 2 saturated heterocycles. The molecule has 2 fully saturated rings. The summed E-state index contributed by atoms with van der Waals surface area (Å²) in [6.07, 6.45) is 8.86. The fraction of sp³-hybridized carbons (Fsp3) is 0.417. The lowest BCUT2D eigenvalue weighted by Gasteiger charge is -2.32. The first-order chi connectivity index (χ1) is 13.3. The van der Waals surface area contributed by atoms with Crippen molar-refractivity contribution in [1.82, 2.24) is 9.80 Å². The minimum atomic E-state index is 1.17. The van der Waals surface area contributed by atoms with Crippen LogP contribution in [-0.2, 0) is 0 Å². The summed E-state index contributed by atoms with van der Waals surface area (Å²) in [5.41, 5.74) is 8.96. The van der Waals surface area contributed by atoms with Gasteiger partial charge in [0.1, 0.15) is 0 Å². The Balaban J connectivity index is 1.70. The van der Waals surface area contributed by atoms with Gasteiger partial charge in [0.25, 0.3) is 0 Å². The van der Waals surface area contributed by atoms with E-state index in [1.807, 2.05) is 11.3 Å². The van der Waals surface area contributed by atoms with Gasteiger partial charge in [0, 0.05) is 47.9 Å². The molecule has 3 aliphatic rings. The monoisotopic (exact) mass is 376 g/mol. The standard InChI is InChI=1S/C24H28N2S/c1-25-14-9-18(10-15-25)24-20-8-4-3-7-19(20)22(26-12-5-2-6-13-26)17-23-21(24)11-16-27-23/h3-4,7-8,11,16-17H,2,5-6,9-10,12-15H2,1H3. The molecule has 5 rings (SSSR count). The second-order valence-electron chi connectivity index (χ2n) is 8.10. The van der Waals surface area contributed by atoms with Gasteiger partial charge >= 0.3 is 0 Å². The summed E-state index contributed by atoms with van der Waals surface area (Å²) < 4.78 is 0. The highest BCUT2D eigenvalue weighted by atomic mass is 32.1. The topological polar surface area (TPSA) is 6.48 Å². The van der Waals surface area contributed by atoms with E-state index >= 15 is 0 Å². The first-order valence-electron chi connectivity index (χ1n) is 10.4. The molecule has 27 heavy (non-hydrogen) atoms. The van der Waals surface area contributed by atoms with Crippen molar-refractivity contribution >= 4 is 28.7 Å². The SMILES string of the molecule is CN1CCC(=C2c3ccccc3C(N3CCCCC3)=Cc3sccc32)CC1. The van der Waals surface area contributed by atoms with E-state index in [-0.39, 0.29) is 0 Å². The molecule has 2 aliphatic heterocycles. The summed E-state index contributed by atoms with van der Waals surface area (Å²) in [5.74, 6) is 0. The Kier molecular flexibility index (Phi) is 4.66. The maximum atomic E-state index is 2.63. The van der Waals surface area contributed by atoms with Gasteiger partial charge in [-0.3, -0.25) is 0 Å². The molecule has 0 saturated carbocycles. The summed E-state index contributed by atoms with van der Waals surface area (Å²) in [5, 5.41) is 2.28. The number of nitrogens with zero attached hydrogens (tertiary/aromatic N) is 2. The molecule has 2 aromatic rings. The Morgan fingerprint density at radius 1 is 0.815 bits per heavy atom. The third-order valence-corrected chi connectivity index (χ3v) is 7.21. The van der Waals surface area contributed by atoms with E-state index in [0.29, 0.717) is 0 Å². The van der Waals surface area contributed by atoms with E-state index in [0.717, 1.165) is 0 Å². The zero-order chi connectivity index (χ0) is 18.2. The fourth-order valence-corrected chi connectivity index (χ4v) is 5.65. The van der Waals surface area contributed by atoms with Gasteiger partial charge in [-0.15, -0.1) is 11.3 Å². The molecule has 140 valence electrons. The van der Waals surface area contributed by atoms with Crippen LogP contribution < -0.4 is 0 Å². The molecule has 0 bridgehead atoms. The van der Waals surface area contributed by atoms with Gasteiger partial charge in [-0.1, -0.05) is 29.8 Å². The lowest BCUT2D eigenvalue weighted by molar-refractivity contribution is 0.313. The first kappa shape index (κ1) is 17.3. The van der Waals surface area contributed by atoms with Crippen LogP contribution >= 0.6 is 11.3 Å². The zero-order valence-electron chi connectivity index (χ0n) is 16.2. The molecule has 0 unspecified atom stereocenters. The van der Waals surface area contributed by atoms with Crippen LogP contribution in [0.3, 0.4) is 0 Å². The van der Waals surface area contributed by atoms with Crippen LogP contribution in [0.2, 0.25) is 0 Å². The number of piperidine rings is 2. The van der Waals surface area contributed by atoms with Crippen molar-refractivity contribution in [2.45, 2.75) is 32.1 Å². The normalized spacial score (nSPS) is 20.8. The van der Waals surface area contributed by atoms with E-state index in [4.69, 9.17) is 0 Å². The molecule has 0 N–H and O–H groups in total. The van der Waals surface area contributed by atoms with Gasteiger partial charge in [-0.2, -0.15) is 0 Å². The van der Waals surface area contributed by atoms with Gasteiger partial charge in [0.15, 0.2) is 0 Å². The molecular weight excluding hydrogens is 348 g/mol. The third-order valence-electron chi connectivity index (χ3n) is 6.35. The average molecular weight is 377 g/mol. The van der Waals surface area contributed by atoms with Crippen LogP contribution in [-0.4, -0.2) is 43.0 Å². The van der Waals surface area contributed by atoms with Crippen LogP contribution in [0.25, 0.3) is 17.3 Å². The molecule has 0 radical (unpaired) electrons. The zero-order valence-corrected chi connectivity index (χ0v) is 17.0. The summed E-state index contributed by atoms with van der Waals surface area (Å²) in [6, 6.07) is 11.5. The van der Waals surface area contributed by atoms with Crippen molar-refractivity contribution in [2.75, 3.05) is 33.2 Å². The molecule has 1 aliphatic carbocycles.